The maximum Gasteiger partial charge on any atom is 0.169 e. The molecule has 2 rings (SSSR count). The van der Waals surface area contributed by atoms with E-state index in [-0.39, 0.29) is 5.78 Å². The van der Waals surface area contributed by atoms with Gasteiger partial charge in [0.25, 0.3) is 0 Å². The summed E-state index contributed by atoms with van der Waals surface area (Å²) >= 11 is 0. The van der Waals surface area contributed by atoms with Gasteiger partial charge in [0.15, 0.2) is 5.78 Å². The molecule has 0 aliphatic heterocycles. The van der Waals surface area contributed by atoms with E-state index in [2.05, 4.69) is 0 Å². The molecule has 1 aromatic carbocycles. The zero-order valence-corrected chi connectivity index (χ0v) is 12.5. The first-order valence-electron chi connectivity index (χ1n) is 7.51. The number of Topliss-reactive ketones (excluding diaryl/α,β-unsaturated/α-hetero) is 1. The van der Waals surface area contributed by atoms with Gasteiger partial charge in [-0.15, -0.1) is 0 Å². The molecule has 0 spiro atoms. The van der Waals surface area contributed by atoms with E-state index in [9.17, 15) is 4.79 Å². The highest BCUT2D eigenvalue weighted by Crippen LogP contribution is 2.34. The standard InChI is InChI=1S/C17H24O3/c1-3-20-17(11-7-4-8-12-17)16(18)13-14-9-5-6-10-15(14)19-2/h5-6,9-10H,3-4,7-8,11-13H2,1-2H3. The van der Waals surface area contributed by atoms with Gasteiger partial charge in [-0.2, -0.15) is 0 Å². The van der Waals surface area contributed by atoms with Gasteiger partial charge in [-0.25, -0.2) is 0 Å². The zero-order chi connectivity index (χ0) is 14.4. The number of carbonyl (C=O) groups excluding carboxylic acids is 1. The predicted octanol–water partition coefficient (Wildman–Crippen LogP) is 3.55. The van der Waals surface area contributed by atoms with Crippen LogP contribution in [0.2, 0.25) is 0 Å². The number of hydrogen-bond donors (Lipinski definition) is 0. The van der Waals surface area contributed by atoms with Crippen molar-refractivity contribution in [3.63, 3.8) is 0 Å². The molecule has 0 N–H and O–H groups in total. The summed E-state index contributed by atoms with van der Waals surface area (Å²) in [5.41, 5.74) is 0.387. The van der Waals surface area contributed by atoms with Crippen molar-refractivity contribution in [2.45, 2.75) is 51.0 Å². The third kappa shape index (κ3) is 3.21. The molecule has 110 valence electrons. The van der Waals surface area contributed by atoms with Crippen molar-refractivity contribution in [3.05, 3.63) is 29.8 Å². The molecule has 1 saturated carbocycles. The number of benzene rings is 1. The number of ether oxygens (including phenoxy) is 2. The number of carbonyl (C=O) groups is 1. The fourth-order valence-electron chi connectivity index (χ4n) is 3.09. The summed E-state index contributed by atoms with van der Waals surface area (Å²) in [6, 6.07) is 7.72. The Morgan fingerprint density at radius 3 is 2.55 bits per heavy atom. The van der Waals surface area contributed by atoms with Gasteiger partial charge in [-0.1, -0.05) is 37.5 Å². The molecule has 0 radical (unpaired) electrons. The van der Waals surface area contributed by atoms with Gasteiger partial charge in [0.05, 0.1) is 7.11 Å². The highest BCUT2D eigenvalue weighted by Gasteiger charge is 2.39. The molecule has 1 fully saturated rings. The summed E-state index contributed by atoms with van der Waals surface area (Å²) in [4.78, 5) is 12.8. The van der Waals surface area contributed by atoms with E-state index in [0.717, 1.165) is 37.0 Å². The SMILES string of the molecule is CCOC1(C(=O)Cc2ccccc2OC)CCCCC1. The van der Waals surface area contributed by atoms with Crippen molar-refractivity contribution >= 4 is 5.78 Å². The van der Waals surface area contributed by atoms with E-state index in [1.165, 1.54) is 6.42 Å². The van der Waals surface area contributed by atoms with E-state index < -0.39 is 5.60 Å². The molecule has 0 heterocycles. The first-order chi connectivity index (χ1) is 9.72. The van der Waals surface area contributed by atoms with Crippen molar-refractivity contribution in [1.82, 2.24) is 0 Å². The van der Waals surface area contributed by atoms with Gasteiger partial charge in [0, 0.05) is 18.6 Å². The van der Waals surface area contributed by atoms with E-state index in [4.69, 9.17) is 9.47 Å². The average Bonchev–Trinajstić information content (AvgIpc) is 2.49. The number of hydrogen-bond acceptors (Lipinski definition) is 3. The lowest BCUT2D eigenvalue weighted by Gasteiger charge is -2.35. The average molecular weight is 276 g/mol. The minimum atomic E-state index is -0.562. The van der Waals surface area contributed by atoms with Crippen LogP contribution in [0, 0.1) is 0 Å². The molecule has 1 aromatic rings. The molecule has 0 bridgehead atoms. The van der Waals surface area contributed by atoms with Crippen molar-refractivity contribution in [2.75, 3.05) is 13.7 Å². The van der Waals surface area contributed by atoms with E-state index in [1.807, 2.05) is 31.2 Å². The highest BCUT2D eigenvalue weighted by atomic mass is 16.5. The molecule has 3 nitrogen and oxygen atoms in total. The summed E-state index contributed by atoms with van der Waals surface area (Å²) in [5.74, 6) is 0.979. The summed E-state index contributed by atoms with van der Waals surface area (Å²) in [6.45, 7) is 2.56. The van der Waals surface area contributed by atoms with Gasteiger partial charge in [0.2, 0.25) is 0 Å². The van der Waals surface area contributed by atoms with E-state index >= 15 is 0 Å². The van der Waals surface area contributed by atoms with Crippen LogP contribution in [0.1, 0.15) is 44.6 Å². The van der Waals surface area contributed by atoms with Crippen molar-refractivity contribution in [2.24, 2.45) is 0 Å². The monoisotopic (exact) mass is 276 g/mol. The zero-order valence-electron chi connectivity index (χ0n) is 12.5. The second-order valence-electron chi connectivity index (χ2n) is 5.40. The molecule has 0 unspecified atom stereocenters. The third-order valence-electron chi connectivity index (χ3n) is 4.13. The number of methoxy groups -OCH3 is 1. The van der Waals surface area contributed by atoms with Crippen LogP contribution in [-0.2, 0) is 16.0 Å². The van der Waals surface area contributed by atoms with Crippen molar-refractivity contribution in [3.8, 4) is 5.75 Å². The molecule has 1 aliphatic carbocycles. The largest absolute Gasteiger partial charge is 0.496 e. The first kappa shape index (κ1) is 15.0. The first-order valence-corrected chi connectivity index (χ1v) is 7.51. The summed E-state index contributed by atoms with van der Waals surface area (Å²) in [6.07, 6.45) is 5.47. The Balaban J connectivity index is 2.16. The Kier molecular flexibility index (Phi) is 5.18. The number of para-hydroxylation sites is 1. The smallest absolute Gasteiger partial charge is 0.169 e. The number of ketones is 1. The Morgan fingerprint density at radius 2 is 1.90 bits per heavy atom. The van der Waals surface area contributed by atoms with Crippen LogP contribution in [0.25, 0.3) is 0 Å². The molecule has 3 heteroatoms. The van der Waals surface area contributed by atoms with Gasteiger partial charge in [-0.05, 0) is 25.8 Å². The van der Waals surface area contributed by atoms with Crippen LogP contribution in [0.4, 0.5) is 0 Å². The fraction of sp³-hybridized carbons (Fsp3) is 0.588. The van der Waals surface area contributed by atoms with Crippen molar-refractivity contribution in [1.29, 1.82) is 0 Å². The summed E-state index contributed by atoms with van der Waals surface area (Å²) < 4.78 is 11.2. The molecule has 0 atom stereocenters. The maximum atomic E-state index is 12.8. The molecular formula is C17H24O3. The van der Waals surface area contributed by atoms with E-state index in [0.29, 0.717) is 13.0 Å². The molecular weight excluding hydrogens is 252 g/mol. The van der Waals surface area contributed by atoms with Crippen LogP contribution >= 0.6 is 0 Å². The predicted molar refractivity (Wildman–Crippen MR) is 79.1 cm³/mol. The Morgan fingerprint density at radius 1 is 1.20 bits per heavy atom. The van der Waals surface area contributed by atoms with Crippen molar-refractivity contribution < 1.29 is 14.3 Å². The molecule has 0 aromatic heterocycles. The van der Waals surface area contributed by atoms with Gasteiger partial charge >= 0.3 is 0 Å². The third-order valence-corrected chi connectivity index (χ3v) is 4.13. The minimum Gasteiger partial charge on any atom is -0.496 e. The van der Waals surface area contributed by atoms with Crippen LogP contribution in [0.3, 0.4) is 0 Å². The van der Waals surface area contributed by atoms with E-state index in [1.54, 1.807) is 7.11 Å². The highest BCUT2D eigenvalue weighted by molar-refractivity contribution is 5.89. The van der Waals surface area contributed by atoms with Crippen LogP contribution in [-0.4, -0.2) is 25.1 Å². The molecule has 0 amide bonds. The Labute approximate surface area is 121 Å². The lowest BCUT2D eigenvalue weighted by atomic mass is 9.79. The van der Waals surface area contributed by atoms with Crippen LogP contribution < -0.4 is 4.74 Å². The minimum absolute atomic E-state index is 0.198. The quantitative estimate of drug-likeness (QED) is 0.797. The topological polar surface area (TPSA) is 35.5 Å². The normalized spacial score (nSPS) is 17.7. The molecule has 0 saturated heterocycles. The Bertz CT molecular complexity index is 442. The lowest BCUT2D eigenvalue weighted by Crippen LogP contribution is -2.44. The van der Waals surface area contributed by atoms with Gasteiger partial charge < -0.3 is 9.47 Å². The summed E-state index contributed by atoms with van der Waals surface area (Å²) in [5, 5.41) is 0. The summed E-state index contributed by atoms with van der Waals surface area (Å²) in [7, 11) is 1.64. The molecule has 1 aliphatic rings. The number of rotatable bonds is 6. The van der Waals surface area contributed by atoms with Gasteiger partial charge in [0.1, 0.15) is 11.4 Å². The second kappa shape index (κ2) is 6.89. The Hall–Kier alpha value is -1.35. The van der Waals surface area contributed by atoms with Gasteiger partial charge in [-0.3, -0.25) is 4.79 Å². The van der Waals surface area contributed by atoms with Crippen LogP contribution in [0.5, 0.6) is 5.75 Å². The lowest BCUT2D eigenvalue weighted by molar-refractivity contribution is -0.148. The second-order valence-corrected chi connectivity index (χ2v) is 5.40. The maximum absolute atomic E-state index is 12.8. The fourth-order valence-corrected chi connectivity index (χ4v) is 3.09. The van der Waals surface area contributed by atoms with Crippen LogP contribution in [0.15, 0.2) is 24.3 Å². The molecule has 20 heavy (non-hydrogen) atoms.